The third-order valence-electron chi connectivity index (χ3n) is 8.65. The summed E-state index contributed by atoms with van der Waals surface area (Å²) >= 11 is 0. The zero-order valence-electron chi connectivity index (χ0n) is 15.2. The number of fused-ring (bicyclic) bond motifs is 5. The Kier molecular flexibility index (Phi) is 3.01. The van der Waals surface area contributed by atoms with Gasteiger partial charge in [-0.05, 0) is 80.3 Å². The molecule has 4 aliphatic carbocycles. The van der Waals surface area contributed by atoms with Gasteiger partial charge in [0.1, 0.15) is 0 Å². The van der Waals surface area contributed by atoms with Gasteiger partial charge < -0.3 is 0 Å². The van der Waals surface area contributed by atoms with Gasteiger partial charge in [0.15, 0.2) is 5.78 Å². The fraction of sp³-hybridized carbons (Fsp3) is 0.682. The van der Waals surface area contributed by atoms with Gasteiger partial charge in [-0.25, -0.2) is 0 Å². The van der Waals surface area contributed by atoms with Gasteiger partial charge in [-0.2, -0.15) is 0 Å². The molecule has 0 amide bonds. The molecule has 0 saturated heterocycles. The van der Waals surface area contributed by atoms with Crippen molar-refractivity contribution in [2.75, 3.05) is 0 Å². The highest BCUT2D eigenvalue weighted by Crippen LogP contribution is 2.71. The third-order valence-corrected chi connectivity index (χ3v) is 8.65. The molecule has 0 spiro atoms. The highest BCUT2D eigenvalue weighted by Gasteiger charge is 2.63. The van der Waals surface area contributed by atoms with Crippen LogP contribution in [0.2, 0.25) is 0 Å². The molecule has 1 nitrogen and oxygen atoms in total. The van der Waals surface area contributed by atoms with Gasteiger partial charge in [-0.1, -0.05) is 44.1 Å². The van der Waals surface area contributed by atoms with E-state index in [0.29, 0.717) is 16.7 Å². The molecule has 4 rings (SSSR count). The van der Waals surface area contributed by atoms with E-state index in [1.54, 1.807) is 0 Å². The molecule has 124 valence electrons. The zero-order chi connectivity index (χ0) is 16.6. The van der Waals surface area contributed by atoms with E-state index in [1.165, 1.54) is 48.8 Å². The molecule has 23 heavy (non-hydrogen) atoms. The molecule has 1 heteroatoms. The van der Waals surface area contributed by atoms with E-state index in [0.717, 1.165) is 12.3 Å². The smallest absolute Gasteiger partial charge is 0.178 e. The van der Waals surface area contributed by atoms with Crippen molar-refractivity contribution >= 4 is 5.78 Å². The quantitative estimate of drug-likeness (QED) is 0.530. The fourth-order valence-electron chi connectivity index (χ4n) is 7.11. The van der Waals surface area contributed by atoms with Gasteiger partial charge in [0, 0.05) is 5.41 Å². The van der Waals surface area contributed by atoms with E-state index in [-0.39, 0.29) is 11.2 Å². The molecule has 3 saturated carbocycles. The molecule has 0 aromatic heterocycles. The van der Waals surface area contributed by atoms with Crippen LogP contribution in [0.25, 0.3) is 0 Å². The van der Waals surface area contributed by atoms with Crippen LogP contribution in [0.3, 0.4) is 0 Å². The van der Waals surface area contributed by atoms with Crippen molar-refractivity contribution in [2.45, 2.75) is 66.2 Å². The van der Waals surface area contributed by atoms with Gasteiger partial charge in [0.05, 0.1) is 0 Å². The molecule has 0 bridgehead atoms. The molecular weight excluding hydrogens is 280 g/mol. The summed E-state index contributed by atoms with van der Waals surface area (Å²) in [6, 6.07) is 0. The first-order chi connectivity index (χ1) is 10.7. The topological polar surface area (TPSA) is 17.1 Å². The summed E-state index contributed by atoms with van der Waals surface area (Å²) in [6.07, 6.45) is 11.3. The summed E-state index contributed by atoms with van der Waals surface area (Å²) in [5, 5.41) is 0. The van der Waals surface area contributed by atoms with Gasteiger partial charge >= 0.3 is 0 Å². The van der Waals surface area contributed by atoms with E-state index < -0.39 is 0 Å². The highest BCUT2D eigenvalue weighted by molar-refractivity contribution is 6.02. The van der Waals surface area contributed by atoms with Crippen LogP contribution in [0.4, 0.5) is 0 Å². The van der Waals surface area contributed by atoms with Crippen LogP contribution in [0, 0.1) is 28.1 Å². The van der Waals surface area contributed by atoms with Crippen molar-refractivity contribution < 1.29 is 4.79 Å². The van der Waals surface area contributed by atoms with E-state index in [2.05, 4.69) is 34.3 Å². The minimum Gasteiger partial charge on any atom is -0.290 e. The monoisotopic (exact) mass is 310 g/mol. The lowest BCUT2D eigenvalue weighted by molar-refractivity contribution is -0.112. The molecule has 0 aromatic rings. The molecule has 0 radical (unpaired) electrons. The Labute approximate surface area is 140 Å². The van der Waals surface area contributed by atoms with Gasteiger partial charge in [0.2, 0.25) is 0 Å². The largest absolute Gasteiger partial charge is 0.290 e. The Morgan fingerprint density at radius 2 is 1.78 bits per heavy atom. The van der Waals surface area contributed by atoms with E-state index in [1.807, 2.05) is 12.2 Å². The molecule has 0 aromatic carbocycles. The second-order valence-electron chi connectivity index (χ2n) is 9.31. The number of ketones is 1. The number of carbonyl (C=O) groups excluding carboxylic acids is 1. The summed E-state index contributed by atoms with van der Waals surface area (Å²) in [5.41, 5.74) is 5.05. The van der Waals surface area contributed by atoms with Crippen LogP contribution in [-0.2, 0) is 4.79 Å². The number of rotatable bonds is 0. The van der Waals surface area contributed by atoms with Crippen molar-refractivity contribution in [1.29, 1.82) is 0 Å². The fourth-order valence-corrected chi connectivity index (χ4v) is 7.11. The lowest BCUT2D eigenvalue weighted by Crippen LogP contribution is -2.55. The molecular formula is C22H30O. The van der Waals surface area contributed by atoms with E-state index in [4.69, 9.17) is 0 Å². The van der Waals surface area contributed by atoms with Crippen LogP contribution in [-0.4, -0.2) is 5.78 Å². The number of hydrogen-bond acceptors (Lipinski definition) is 1. The maximum atomic E-state index is 12.0. The normalized spacial score (nSPS) is 49.0. The van der Waals surface area contributed by atoms with E-state index >= 15 is 0 Å². The Morgan fingerprint density at radius 1 is 1.04 bits per heavy atom. The highest BCUT2D eigenvalue weighted by atomic mass is 16.1. The van der Waals surface area contributed by atoms with Crippen LogP contribution < -0.4 is 0 Å². The van der Waals surface area contributed by atoms with Crippen molar-refractivity contribution in [2.24, 2.45) is 28.1 Å². The molecule has 0 aliphatic heterocycles. The molecule has 0 N–H and O–H groups in total. The third kappa shape index (κ3) is 1.72. The van der Waals surface area contributed by atoms with Gasteiger partial charge in [0.25, 0.3) is 0 Å². The minimum atomic E-state index is 0.103. The first-order valence-electron chi connectivity index (χ1n) is 9.35. The predicted octanol–water partition coefficient (Wildman–Crippen LogP) is 5.63. The minimum absolute atomic E-state index is 0.103. The summed E-state index contributed by atoms with van der Waals surface area (Å²) in [7, 11) is 0. The molecule has 0 heterocycles. The number of carbonyl (C=O) groups is 1. The van der Waals surface area contributed by atoms with Crippen LogP contribution in [0.5, 0.6) is 0 Å². The molecule has 5 atom stereocenters. The first-order valence-corrected chi connectivity index (χ1v) is 9.35. The maximum Gasteiger partial charge on any atom is 0.178 e. The van der Waals surface area contributed by atoms with Crippen LogP contribution in [0.1, 0.15) is 66.2 Å². The van der Waals surface area contributed by atoms with Gasteiger partial charge in [-0.3, -0.25) is 4.79 Å². The van der Waals surface area contributed by atoms with Crippen molar-refractivity contribution in [3.63, 3.8) is 0 Å². The summed E-state index contributed by atoms with van der Waals surface area (Å²) < 4.78 is 0. The second-order valence-corrected chi connectivity index (χ2v) is 9.31. The van der Waals surface area contributed by atoms with Crippen molar-refractivity contribution in [1.82, 2.24) is 0 Å². The Bertz CT molecular complexity index is 665. The van der Waals surface area contributed by atoms with Crippen LogP contribution in [0.15, 0.2) is 35.5 Å². The van der Waals surface area contributed by atoms with E-state index in [9.17, 15) is 4.79 Å². The molecule has 4 aliphatic rings. The van der Waals surface area contributed by atoms with Crippen LogP contribution >= 0.6 is 0 Å². The average Bonchev–Trinajstić information content (AvgIpc) is 2.78. The Hall–Kier alpha value is -1.11. The molecule has 0 unspecified atom stereocenters. The summed E-state index contributed by atoms with van der Waals surface area (Å²) in [5.74, 6) is 1.64. The first kappa shape index (κ1) is 15.4. The Morgan fingerprint density at radius 3 is 2.52 bits per heavy atom. The number of allylic oxidation sites excluding steroid dienone is 5. The van der Waals surface area contributed by atoms with Gasteiger partial charge in [-0.15, -0.1) is 0 Å². The maximum absolute atomic E-state index is 12.0. The summed E-state index contributed by atoms with van der Waals surface area (Å²) in [6.45, 7) is 14.1. The standard InChI is InChI=1S/C22H30O/c1-14-6-7-18-20(14,3)11-9-19-21(18,4)10-8-16-13-17(23)12-15(2)22(16,19)5/h12-13,18-19H,1,6-11H2,2-5H3/t18-,19+,20-,21+,22+/m1/s1. The summed E-state index contributed by atoms with van der Waals surface area (Å²) in [4.78, 5) is 12.0. The lowest BCUT2D eigenvalue weighted by atomic mass is 9.41. The molecule has 3 fully saturated rings. The Balaban J connectivity index is 1.82. The predicted molar refractivity (Wildman–Crippen MR) is 95.0 cm³/mol. The van der Waals surface area contributed by atoms with Crippen molar-refractivity contribution in [3.05, 3.63) is 35.5 Å². The zero-order valence-corrected chi connectivity index (χ0v) is 15.2. The number of hydrogen-bond donors (Lipinski definition) is 0. The second kappa shape index (κ2) is 4.49. The lowest BCUT2D eigenvalue weighted by Gasteiger charge is -2.63. The average molecular weight is 310 g/mol. The SMILES string of the molecule is C=C1CC[C@H]2[C@]3(C)CCC4=CC(=O)C=C(C)[C@]4(C)[C@H]3CC[C@]12C. The van der Waals surface area contributed by atoms with Crippen molar-refractivity contribution in [3.8, 4) is 0 Å².